The van der Waals surface area contributed by atoms with Crippen molar-refractivity contribution in [1.29, 1.82) is 0 Å². The molecule has 1 fully saturated rings. The van der Waals surface area contributed by atoms with Gasteiger partial charge in [-0.1, -0.05) is 6.42 Å². The molecule has 0 aromatic heterocycles. The number of nitrogens with one attached hydrogen (secondary N) is 1. The molecule has 0 saturated carbocycles. The van der Waals surface area contributed by atoms with Crippen LogP contribution in [0.3, 0.4) is 0 Å². The molecular weight excluding hydrogens is 316 g/mol. The van der Waals surface area contributed by atoms with Crippen LogP contribution >= 0.6 is 0 Å². The highest BCUT2D eigenvalue weighted by Crippen LogP contribution is 2.19. The summed E-state index contributed by atoms with van der Waals surface area (Å²) in [5.41, 5.74) is -0.106. The monoisotopic (exact) mass is 348 g/mol. The van der Waals surface area contributed by atoms with Crippen LogP contribution in [-0.2, 0) is 9.53 Å². The Hall–Kier alpha value is -1.59. The average molecular weight is 348 g/mol. The second kappa shape index (κ2) is 9.20. The van der Waals surface area contributed by atoms with Crippen molar-refractivity contribution < 1.29 is 14.3 Å². The van der Waals surface area contributed by atoms with Gasteiger partial charge in [0, 0.05) is 25.4 Å². The van der Waals surface area contributed by atoms with Crippen LogP contribution in [0.1, 0.15) is 46.5 Å². The zero-order valence-corrected chi connectivity index (χ0v) is 16.0. The SMILES string of the molecule is COC(C)(C)C(=O)Nc1ccc(OCCCN2CCCC[C@@H]2C)cc1. The third-order valence-electron chi connectivity index (χ3n) is 4.97. The number of likely N-dealkylation sites (tertiary alicyclic amines) is 1. The maximum Gasteiger partial charge on any atom is 0.256 e. The van der Waals surface area contributed by atoms with Crippen LogP contribution in [-0.4, -0.2) is 49.3 Å². The molecule has 25 heavy (non-hydrogen) atoms. The van der Waals surface area contributed by atoms with E-state index in [0.717, 1.165) is 24.4 Å². The largest absolute Gasteiger partial charge is 0.494 e. The second-order valence-corrected chi connectivity index (χ2v) is 7.28. The Kier molecular flexibility index (Phi) is 7.26. The van der Waals surface area contributed by atoms with Gasteiger partial charge in [-0.3, -0.25) is 4.79 Å². The van der Waals surface area contributed by atoms with E-state index in [0.29, 0.717) is 12.6 Å². The van der Waals surface area contributed by atoms with E-state index < -0.39 is 5.60 Å². The smallest absolute Gasteiger partial charge is 0.256 e. The highest BCUT2D eigenvalue weighted by molar-refractivity contribution is 5.96. The highest BCUT2D eigenvalue weighted by Gasteiger charge is 2.26. The summed E-state index contributed by atoms with van der Waals surface area (Å²) in [6.45, 7) is 8.82. The number of hydrogen-bond donors (Lipinski definition) is 1. The molecular formula is C20H32N2O3. The second-order valence-electron chi connectivity index (χ2n) is 7.28. The quantitative estimate of drug-likeness (QED) is 0.728. The highest BCUT2D eigenvalue weighted by atomic mass is 16.5. The third-order valence-corrected chi connectivity index (χ3v) is 4.97. The lowest BCUT2D eigenvalue weighted by Gasteiger charge is -2.33. The lowest BCUT2D eigenvalue weighted by atomic mass is 10.0. The van der Waals surface area contributed by atoms with Crippen LogP contribution in [0.5, 0.6) is 5.75 Å². The van der Waals surface area contributed by atoms with Gasteiger partial charge in [-0.25, -0.2) is 0 Å². The molecule has 5 heteroatoms. The standard InChI is InChI=1S/C20H32N2O3/c1-16-8-5-6-13-22(16)14-7-15-25-18-11-9-17(10-12-18)21-19(23)20(2,3)24-4/h9-12,16H,5-8,13-15H2,1-4H3,(H,21,23)/t16-/m0/s1. The molecule has 1 amide bonds. The number of methoxy groups -OCH3 is 1. The molecule has 2 rings (SSSR count). The summed E-state index contributed by atoms with van der Waals surface area (Å²) in [5, 5.41) is 2.85. The van der Waals surface area contributed by atoms with Crippen molar-refractivity contribution in [1.82, 2.24) is 4.90 Å². The Morgan fingerprint density at radius 2 is 2.00 bits per heavy atom. The van der Waals surface area contributed by atoms with Crippen LogP contribution in [0, 0.1) is 0 Å². The fourth-order valence-corrected chi connectivity index (χ4v) is 2.96. The van der Waals surface area contributed by atoms with Gasteiger partial charge in [-0.15, -0.1) is 0 Å². The van der Waals surface area contributed by atoms with Crippen LogP contribution in [0.4, 0.5) is 5.69 Å². The van der Waals surface area contributed by atoms with Gasteiger partial charge < -0.3 is 19.7 Å². The first-order valence-corrected chi connectivity index (χ1v) is 9.26. The molecule has 1 aromatic rings. The van der Waals surface area contributed by atoms with Crippen molar-refractivity contribution in [2.75, 3.05) is 32.1 Å². The lowest BCUT2D eigenvalue weighted by molar-refractivity contribution is -0.133. The van der Waals surface area contributed by atoms with Crippen LogP contribution in [0.15, 0.2) is 24.3 Å². The summed E-state index contributed by atoms with van der Waals surface area (Å²) in [7, 11) is 1.53. The molecule has 0 bridgehead atoms. The zero-order valence-electron chi connectivity index (χ0n) is 16.0. The molecule has 0 unspecified atom stereocenters. The minimum Gasteiger partial charge on any atom is -0.494 e. The van der Waals surface area contributed by atoms with Gasteiger partial charge in [0.15, 0.2) is 0 Å². The number of ether oxygens (including phenoxy) is 2. The summed E-state index contributed by atoms with van der Waals surface area (Å²) in [6.07, 6.45) is 5.02. The number of benzene rings is 1. The first-order valence-electron chi connectivity index (χ1n) is 9.26. The topological polar surface area (TPSA) is 50.8 Å². The van der Waals surface area contributed by atoms with Crippen molar-refractivity contribution in [3.8, 4) is 5.75 Å². The van der Waals surface area contributed by atoms with Crippen molar-refractivity contribution in [2.24, 2.45) is 0 Å². The van der Waals surface area contributed by atoms with Gasteiger partial charge in [-0.2, -0.15) is 0 Å². The fraction of sp³-hybridized carbons (Fsp3) is 0.650. The summed E-state index contributed by atoms with van der Waals surface area (Å²) in [6, 6.07) is 8.18. The molecule has 140 valence electrons. The molecule has 1 aliphatic rings. The van der Waals surface area contributed by atoms with E-state index in [-0.39, 0.29) is 5.91 Å². The number of carbonyl (C=O) groups excluding carboxylic acids is 1. The molecule has 0 aliphatic carbocycles. The average Bonchev–Trinajstić information content (AvgIpc) is 2.61. The van der Waals surface area contributed by atoms with Gasteiger partial charge in [0.2, 0.25) is 0 Å². The normalized spacial score (nSPS) is 18.8. The van der Waals surface area contributed by atoms with Crippen LogP contribution in [0.2, 0.25) is 0 Å². The lowest BCUT2D eigenvalue weighted by Crippen LogP contribution is -2.38. The van der Waals surface area contributed by atoms with E-state index in [1.807, 2.05) is 24.3 Å². The van der Waals surface area contributed by atoms with E-state index >= 15 is 0 Å². The zero-order chi connectivity index (χ0) is 18.3. The van der Waals surface area contributed by atoms with E-state index in [1.54, 1.807) is 13.8 Å². The number of rotatable bonds is 8. The Morgan fingerprint density at radius 1 is 1.28 bits per heavy atom. The van der Waals surface area contributed by atoms with Crippen molar-refractivity contribution in [3.63, 3.8) is 0 Å². The van der Waals surface area contributed by atoms with Gasteiger partial charge in [0.05, 0.1) is 6.61 Å². The Labute approximate surface area is 151 Å². The number of piperidine rings is 1. The summed E-state index contributed by atoms with van der Waals surface area (Å²) >= 11 is 0. The van der Waals surface area contributed by atoms with Crippen LogP contribution in [0.25, 0.3) is 0 Å². The Bertz CT molecular complexity index is 542. The van der Waals surface area contributed by atoms with E-state index in [9.17, 15) is 4.79 Å². The van der Waals surface area contributed by atoms with Crippen molar-refractivity contribution in [2.45, 2.75) is 58.1 Å². The van der Waals surface area contributed by atoms with Crippen LogP contribution < -0.4 is 10.1 Å². The molecule has 1 aliphatic heterocycles. The molecule has 0 radical (unpaired) electrons. The maximum atomic E-state index is 12.1. The number of amides is 1. The fourth-order valence-electron chi connectivity index (χ4n) is 2.96. The number of anilines is 1. The molecule has 1 atom stereocenters. The van der Waals surface area contributed by atoms with E-state index in [4.69, 9.17) is 9.47 Å². The predicted octanol–water partition coefficient (Wildman–Crippen LogP) is 3.69. The molecule has 0 spiro atoms. The van der Waals surface area contributed by atoms with Crippen molar-refractivity contribution in [3.05, 3.63) is 24.3 Å². The Balaban J connectivity index is 1.72. The Morgan fingerprint density at radius 3 is 2.64 bits per heavy atom. The molecule has 1 N–H and O–H groups in total. The van der Waals surface area contributed by atoms with Gasteiger partial charge in [0.25, 0.3) is 5.91 Å². The van der Waals surface area contributed by atoms with Gasteiger partial charge in [0.1, 0.15) is 11.4 Å². The minimum absolute atomic E-state index is 0.167. The first-order chi connectivity index (χ1) is 11.9. The number of nitrogens with zero attached hydrogens (tertiary/aromatic N) is 1. The summed E-state index contributed by atoms with van der Waals surface area (Å²) in [4.78, 5) is 14.6. The number of hydrogen-bond acceptors (Lipinski definition) is 4. The molecule has 5 nitrogen and oxygen atoms in total. The summed E-state index contributed by atoms with van der Waals surface area (Å²) < 4.78 is 11.0. The first kappa shape index (κ1) is 19.7. The van der Waals surface area contributed by atoms with E-state index in [1.165, 1.54) is 32.9 Å². The van der Waals surface area contributed by atoms with E-state index in [2.05, 4.69) is 17.1 Å². The predicted molar refractivity (Wildman–Crippen MR) is 101 cm³/mol. The minimum atomic E-state index is -0.846. The van der Waals surface area contributed by atoms with Crippen molar-refractivity contribution >= 4 is 11.6 Å². The van der Waals surface area contributed by atoms with Gasteiger partial charge in [-0.05, 0) is 70.8 Å². The van der Waals surface area contributed by atoms with Gasteiger partial charge >= 0.3 is 0 Å². The molecule has 1 heterocycles. The third kappa shape index (κ3) is 6.01. The number of carbonyl (C=O) groups is 1. The summed E-state index contributed by atoms with van der Waals surface area (Å²) in [5.74, 6) is 0.662. The molecule has 1 aromatic carbocycles. The molecule has 1 saturated heterocycles. The maximum absolute atomic E-state index is 12.1.